The molecule has 5 heteroatoms. The Hall–Kier alpha value is -1.98. The molecule has 0 radical (unpaired) electrons. The van der Waals surface area contributed by atoms with Crippen LogP contribution in [0.5, 0.6) is 0 Å². The summed E-state index contributed by atoms with van der Waals surface area (Å²) in [6.45, 7) is 1.57. The fraction of sp³-hybridized carbons (Fsp3) is 0.176. The SMILES string of the molecule is CC(C(=O)c1ccccc1)[C@@]1(O)C(=O)Nc2ccc(Br)cc21. The number of nitrogens with one attached hydrogen (secondary N) is 1. The summed E-state index contributed by atoms with van der Waals surface area (Å²) in [4.78, 5) is 24.9. The van der Waals surface area contributed by atoms with Gasteiger partial charge in [0.25, 0.3) is 5.91 Å². The minimum atomic E-state index is -1.87. The summed E-state index contributed by atoms with van der Waals surface area (Å²) in [5.74, 6) is -1.74. The van der Waals surface area contributed by atoms with Gasteiger partial charge in [-0.25, -0.2) is 0 Å². The van der Waals surface area contributed by atoms with Gasteiger partial charge in [-0.3, -0.25) is 9.59 Å². The second kappa shape index (κ2) is 5.34. The van der Waals surface area contributed by atoms with Gasteiger partial charge in [-0.05, 0) is 18.2 Å². The number of carbonyl (C=O) groups excluding carboxylic acids is 2. The monoisotopic (exact) mass is 359 g/mol. The predicted octanol–water partition coefficient (Wildman–Crippen LogP) is 3.11. The van der Waals surface area contributed by atoms with Crippen molar-refractivity contribution in [3.63, 3.8) is 0 Å². The van der Waals surface area contributed by atoms with E-state index in [1.54, 1.807) is 49.4 Å². The zero-order valence-corrected chi connectivity index (χ0v) is 13.4. The summed E-state index contributed by atoms with van der Waals surface area (Å²) in [6, 6.07) is 13.8. The molecule has 2 aromatic rings. The van der Waals surface area contributed by atoms with E-state index in [1.165, 1.54) is 0 Å². The van der Waals surface area contributed by atoms with Crippen LogP contribution in [0.15, 0.2) is 53.0 Å². The quantitative estimate of drug-likeness (QED) is 0.827. The first kappa shape index (κ1) is 14.9. The van der Waals surface area contributed by atoms with Gasteiger partial charge in [0, 0.05) is 21.3 Å². The number of amides is 1. The Balaban J connectivity index is 2.05. The van der Waals surface area contributed by atoms with Gasteiger partial charge in [-0.2, -0.15) is 0 Å². The molecule has 2 aromatic carbocycles. The molecule has 0 bridgehead atoms. The lowest BCUT2D eigenvalue weighted by molar-refractivity contribution is -0.137. The largest absolute Gasteiger partial charge is 0.375 e. The van der Waals surface area contributed by atoms with Crippen LogP contribution in [0.3, 0.4) is 0 Å². The molecule has 0 spiro atoms. The number of hydrogen-bond donors (Lipinski definition) is 2. The van der Waals surface area contributed by atoms with E-state index in [0.29, 0.717) is 16.8 Å². The molecular weight excluding hydrogens is 346 g/mol. The number of benzene rings is 2. The third kappa shape index (κ3) is 2.17. The van der Waals surface area contributed by atoms with Crippen molar-refractivity contribution in [3.05, 3.63) is 64.1 Å². The zero-order valence-electron chi connectivity index (χ0n) is 11.8. The van der Waals surface area contributed by atoms with Crippen LogP contribution >= 0.6 is 15.9 Å². The van der Waals surface area contributed by atoms with Crippen molar-refractivity contribution in [3.8, 4) is 0 Å². The topological polar surface area (TPSA) is 66.4 Å². The first-order valence-corrected chi connectivity index (χ1v) is 7.67. The normalized spacial score (nSPS) is 21.1. The maximum Gasteiger partial charge on any atom is 0.261 e. The number of carbonyl (C=O) groups is 2. The van der Waals surface area contributed by atoms with Gasteiger partial charge in [0.05, 0.1) is 5.92 Å². The molecule has 0 saturated carbocycles. The molecule has 3 rings (SSSR count). The molecule has 2 atom stereocenters. The van der Waals surface area contributed by atoms with Crippen LogP contribution in [0.4, 0.5) is 5.69 Å². The third-order valence-electron chi connectivity index (χ3n) is 4.06. The molecule has 1 aliphatic rings. The molecule has 4 nitrogen and oxygen atoms in total. The maximum atomic E-state index is 12.6. The molecule has 2 N–H and O–H groups in total. The Morgan fingerprint density at radius 2 is 1.91 bits per heavy atom. The second-order valence-electron chi connectivity index (χ2n) is 5.36. The van der Waals surface area contributed by atoms with Crippen LogP contribution < -0.4 is 5.32 Å². The van der Waals surface area contributed by atoms with E-state index in [-0.39, 0.29) is 5.78 Å². The smallest absolute Gasteiger partial charge is 0.261 e. The molecule has 0 aliphatic carbocycles. The Bertz CT molecular complexity index is 760. The summed E-state index contributed by atoms with van der Waals surface area (Å²) in [7, 11) is 0. The number of anilines is 1. The van der Waals surface area contributed by atoms with Gasteiger partial charge in [0.1, 0.15) is 0 Å². The Morgan fingerprint density at radius 3 is 2.59 bits per heavy atom. The fourth-order valence-corrected chi connectivity index (χ4v) is 3.11. The molecule has 0 aromatic heterocycles. The molecule has 1 unspecified atom stereocenters. The van der Waals surface area contributed by atoms with Crippen molar-refractivity contribution in [1.82, 2.24) is 0 Å². The average Bonchev–Trinajstić information content (AvgIpc) is 2.79. The number of halogens is 1. The first-order valence-electron chi connectivity index (χ1n) is 6.87. The molecular formula is C17H14BrNO3. The fourth-order valence-electron chi connectivity index (χ4n) is 2.75. The van der Waals surface area contributed by atoms with Gasteiger partial charge in [0.15, 0.2) is 11.4 Å². The lowest BCUT2D eigenvalue weighted by Gasteiger charge is -2.27. The molecule has 0 saturated heterocycles. The summed E-state index contributed by atoms with van der Waals surface area (Å²) < 4.78 is 0.737. The van der Waals surface area contributed by atoms with E-state index in [2.05, 4.69) is 21.2 Å². The molecule has 22 heavy (non-hydrogen) atoms. The Labute approximate surface area is 136 Å². The van der Waals surface area contributed by atoms with E-state index in [0.717, 1.165) is 4.47 Å². The van der Waals surface area contributed by atoms with Crippen LogP contribution in [0, 0.1) is 5.92 Å². The van der Waals surface area contributed by atoms with Gasteiger partial charge >= 0.3 is 0 Å². The summed E-state index contributed by atoms with van der Waals surface area (Å²) in [6.07, 6.45) is 0. The number of rotatable bonds is 3. The molecule has 1 heterocycles. The predicted molar refractivity (Wildman–Crippen MR) is 86.6 cm³/mol. The van der Waals surface area contributed by atoms with Gasteiger partial charge in [0.2, 0.25) is 0 Å². The van der Waals surface area contributed by atoms with E-state index in [4.69, 9.17) is 0 Å². The van der Waals surface area contributed by atoms with Crippen molar-refractivity contribution in [2.75, 3.05) is 5.32 Å². The van der Waals surface area contributed by atoms with Gasteiger partial charge in [-0.1, -0.05) is 53.2 Å². The van der Waals surface area contributed by atoms with Crippen molar-refractivity contribution < 1.29 is 14.7 Å². The first-order chi connectivity index (χ1) is 10.4. The maximum absolute atomic E-state index is 12.6. The highest BCUT2D eigenvalue weighted by Gasteiger charge is 2.52. The van der Waals surface area contributed by atoms with Crippen molar-refractivity contribution in [1.29, 1.82) is 0 Å². The summed E-state index contributed by atoms with van der Waals surface area (Å²) >= 11 is 3.33. The van der Waals surface area contributed by atoms with E-state index >= 15 is 0 Å². The Morgan fingerprint density at radius 1 is 1.23 bits per heavy atom. The van der Waals surface area contributed by atoms with Crippen LogP contribution in [0.2, 0.25) is 0 Å². The third-order valence-corrected chi connectivity index (χ3v) is 4.56. The van der Waals surface area contributed by atoms with Gasteiger partial charge in [-0.15, -0.1) is 0 Å². The second-order valence-corrected chi connectivity index (χ2v) is 6.28. The molecule has 0 fully saturated rings. The van der Waals surface area contributed by atoms with Crippen molar-refractivity contribution in [2.24, 2.45) is 5.92 Å². The number of aliphatic hydroxyl groups is 1. The van der Waals surface area contributed by atoms with E-state index in [9.17, 15) is 14.7 Å². The molecule has 112 valence electrons. The van der Waals surface area contributed by atoms with Crippen molar-refractivity contribution >= 4 is 33.3 Å². The number of Topliss-reactive ketones (excluding diaryl/α,β-unsaturated/α-hetero) is 1. The van der Waals surface area contributed by atoms with Crippen molar-refractivity contribution in [2.45, 2.75) is 12.5 Å². The van der Waals surface area contributed by atoms with E-state index in [1.807, 2.05) is 6.07 Å². The lowest BCUT2D eigenvalue weighted by atomic mass is 9.79. The highest BCUT2D eigenvalue weighted by molar-refractivity contribution is 9.10. The number of ketones is 1. The van der Waals surface area contributed by atoms with Crippen LogP contribution in [-0.2, 0) is 10.4 Å². The van der Waals surface area contributed by atoms with Gasteiger partial charge < -0.3 is 10.4 Å². The van der Waals surface area contributed by atoms with Crippen LogP contribution in [0.25, 0.3) is 0 Å². The van der Waals surface area contributed by atoms with E-state index < -0.39 is 17.4 Å². The van der Waals surface area contributed by atoms with Crippen LogP contribution in [-0.4, -0.2) is 16.8 Å². The Kier molecular flexibility index (Phi) is 3.62. The summed E-state index contributed by atoms with van der Waals surface area (Å²) in [5, 5.41) is 13.6. The summed E-state index contributed by atoms with van der Waals surface area (Å²) in [5.41, 5.74) is -0.446. The standard InChI is InChI=1S/C17H14BrNO3/c1-10(15(20)11-5-3-2-4-6-11)17(22)13-9-12(18)7-8-14(13)19-16(17)21/h2-10,22H,1H3,(H,19,21)/t10?,17-/m0/s1. The lowest BCUT2D eigenvalue weighted by Crippen LogP contribution is -2.44. The average molecular weight is 360 g/mol. The molecule has 1 amide bonds. The van der Waals surface area contributed by atoms with Crippen LogP contribution in [0.1, 0.15) is 22.8 Å². The number of hydrogen-bond acceptors (Lipinski definition) is 3. The molecule has 1 aliphatic heterocycles. The highest BCUT2D eigenvalue weighted by atomic mass is 79.9. The minimum absolute atomic E-state index is 0.272. The zero-order chi connectivity index (χ0) is 15.9. The number of fused-ring (bicyclic) bond motifs is 1. The minimum Gasteiger partial charge on any atom is -0.375 e. The highest BCUT2D eigenvalue weighted by Crippen LogP contribution is 2.43.